The van der Waals surface area contributed by atoms with Gasteiger partial charge < -0.3 is 0 Å². The van der Waals surface area contributed by atoms with Crippen molar-refractivity contribution in [2.45, 2.75) is 33.7 Å². The van der Waals surface area contributed by atoms with Crippen LogP contribution in [0, 0.1) is 13.8 Å². The molecule has 0 aliphatic carbocycles. The maximum atomic E-state index is 6.16. The van der Waals surface area contributed by atoms with E-state index in [1.165, 1.54) is 0 Å². The molecule has 2 rings (SSSR count). The first-order chi connectivity index (χ1) is 8.45. The molecule has 0 unspecified atom stereocenters. The lowest BCUT2D eigenvalue weighted by Gasteiger charge is -2.05. The second kappa shape index (κ2) is 5.05. The topological polar surface area (TPSA) is 35.6 Å². The Morgan fingerprint density at radius 1 is 1.28 bits per heavy atom. The molecule has 0 amide bonds. The van der Waals surface area contributed by atoms with Gasteiger partial charge >= 0.3 is 0 Å². The van der Waals surface area contributed by atoms with Gasteiger partial charge in [0.05, 0.1) is 38.8 Å². The lowest BCUT2D eigenvalue weighted by atomic mass is 10.3. The largest absolute Gasteiger partial charge is 0.269 e. The van der Waals surface area contributed by atoms with Crippen LogP contribution < -0.4 is 0 Å². The van der Waals surface area contributed by atoms with Gasteiger partial charge in [0.15, 0.2) is 0 Å². The SMILES string of the molecule is CCc1nn(C)c(Cn2nc(C)c(Cl)c2C)c1Br. The van der Waals surface area contributed by atoms with Crippen molar-refractivity contribution >= 4 is 27.5 Å². The highest BCUT2D eigenvalue weighted by atomic mass is 79.9. The van der Waals surface area contributed by atoms with Gasteiger partial charge in [-0.25, -0.2) is 0 Å². The maximum absolute atomic E-state index is 6.16. The minimum Gasteiger partial charge on any atom is -0.269 e. The smallest absolute Gasteiger partial charge is 0.0844 e. The van der Waals surface area contributed by atoms with Gasteiger partial charge in [0.1, 0.15) is 0 Å². The van der Waals surface area contributed by atoms with E-state index in [4.69, 9.17) is 11.6 Å². The standard InChI is InChI=1S/C12H16BrClN4/c1-5-9-11(13)10(17(4)16-9)6-18-8(3)12(14)7(2)15-18/h5-6H2,1-4H3. The zero-order chi connectivity index (χ0) is 13.4. The van der Waals surface area contributed by atoms with Gasteiger partial charge in [-0.05, 0) is 36.2 Å². The average molecular weight is 332 g/mol. The first-order valence-electron chi connectivity index (χ1n) is 5.85. The predicted molar refractivity (Wildman–Crippen MR) is 76.1 cm³/mol. The van der Waals surface area contributed by atoms with E-state index in [0.717, 1.165) is 38.7 Å². The Balaban J connectivity index is 2.40. The molecule has 0 aliphatic rings. The van der Waals surface area contributed by atoms with Crippen molar-refractivity contribution in [1.29, 1.82) is 0 Å². The third-order valence-corrected chi connectivity index (χ3v) is 4.56. The van der Waals surface area contributed by atoms with Gasteiger partial charge in [0, 0.05) is 7.05 Å². The Labute approximate surface area is 120 Å². The molecule has 2 heterocycles. The average Bonchev–Trinajstić information content (AvgIpc) is 2.74. The molecule has 0 fully saturated rings. The number of halogens is 2. The van der Waals surface area contributed by atoms with Crippen molar-refractivity contribution in [2.24, 2.45) is 7.05 Å². The summed E-state index contributed by atoms with van der Waals surface area (Å²) in [6, 6.07) is 0. The van der Waals surface area contributed by atoms with Crippen molar-refractivity contribution in [2.75, 3.05) is 0 Å². The minimum absolute atomic E-state index is 0.670. The van der Waals surface area contributed by atoms with Gasteiger partial charge in [-0.3, -0.25) is 9.36 Å². The maximum Gasteiger partial charge on any atom is 0.0844 e. The molecule has 0 saturated carbocycles. The van der Waals surface area contributed by atoms with Crippen LogP contribution in [0.15, 0.2) is 4.47 Å². The highest BCUT2D eigenvalue weighted by Gasteiger charge is 2.16. The van der Waals surface area contributed by atoms with Crippen LogP contribution in [0.1, 0.15) is 29.7 Å². The molecule has 0 spiro atoms. The molecular formula is C12H16BrClN4. The molecule has 2 aromatic heterocycles. The summed E-state index contributed by atoms with van der Waals surface area (Å²) in [5.74, 6) is 0. The molecule has 18 heavy (non-hydrogen) atoms. The minimum atomic E-state index is 0.670. The molecule has 0 atom stereocenters. The summed E-state index contributed by atoms with van der Waals surface area (Å²) in [4.78, 5) is 0. The van der Waals surface area contributed by atoms with Crippen molar-refractivity contribution < 1.29 is 0 Å². The molecule has 0 saturated heterocycles. The van der Waals surface area contributed by atoms with E-state index in [1.54, 1.807) is 0 Å². The van der Waals surface area contributed by atoms with Gasteiger partial charge in [-0.1, -0.05) is 18.5 Å². The monoisotopic (exact) mass is 330 g/mol. The fourth-order valence-electron chi connectivity index (χ4n) is 1.96. The molecule has 0 aliphatic heterocycles. The fraction of sp³-hybridized carbons (Fsp3) is 0.500. The number of nitrogens with zero attached hydrogens (tertiary/aromatic N) is 4. The molecule has 98 valence electrons. The third-order valence-electron chi connectivity index (χ3n) is 3.10. The Morgan fingerprint density at radius 2 is 1.94 bits per heavy atom. The molecule has 2 aromatic rings. The first-order valence-corrected chi connectivity index (χ1v) is 7.02. The molecule has 6 heteroatoms. The van der Waals surface area contributed by atoms with Crippen LogP contribution in [0.25, 0.3) is 0 Å². The quantitative estimate of drug-likeness (QED) is 0.865. The van der Waals surface area contributed by atoms with Gasteiger partial charge in [-0.2, -0.15) is 10.2 Å². The first kappa shape index (κ1) is 13.6. The normalized spacial score (nSPS) is 11.2. The van der Waals surface area contributed by atoms with Crippen LogP contribution >= 0.6 is 27.5 Å². The molecule has 4 nitrogen and oxygen atoms in total. The highest BCUT2D eigenvalue weighted by Crippen LogP contribution is 2.25. The van der Waals surface area contributed by atoms with Crippen LogP contribution in [0.4, 0.5) is 0 Å². The zero-order valence-corrected chi connectivity index (χ0v) is 13.3. The Bertz CT molecular complexity index is 585. The van der Waals surface area contributed by atoms with Crippen molar-refractivity contribution in [1.82, 2.24) is 19.6 Å². The van der Waals surface area contributed by atoms with Crippen LogP contribution in [0.3, 0.4) is 0 Å². The Morgan fingerprint density at radius 3 is 2.39 bits per heavy atom. The van der Waals surface area contributed by atoms with Crippen molar-refractivity contribution in [3.63, 3.8) is 0 Å². The molecule has 0 radical (unpaired) electrons. The van der Waals surface area contributed by atoms with E-state index >= 15 is 0 Å². The van der Waals surface area contributed by atoms with Crippen LogP contribution in [-0.2, 0) is 20.0 Å². The lowest BCUT2D eigenvalue weighted by molar-refractivity contribution is 0.601. The summed E-state index contributed by atoms with van der Waals surface area (Å²) in [5.41, 5.74) is 4.03. The molecular weight excluding hydrogens is 316 g/mol. The van der Waals surface area contributed by atoms with Crippen LogP contribution in [-0.4, -0.2) is 19.6 Å². The lowest BCUT2D eigenvalue weighted by Crippen LogP contribution is -2.09. The summed E-state index contributed by atoms with van der Waals surface area (Å²) in [5, 5.41) is 9.66. The fourth-order valence-corrected chi connectivity index (χ4v) is 2.84. The van der Waals surface area contributed by atoms with E-state index in [1.807, 2.05) is 30.3 Å². The number of rotatable bonds is 3. The van der Waals surface area contributed by atoms with E-state index in [9.17, 15) is 0 Å². The summed E-state index contributed by atoms with van der Waals surface area (Å²) < 4.78 is 4.88. The summed E-state index contributed by atoms with van der Waals surface area (Å²) in [6.07, 6.45) is 0.909. The summed E-state index contributed by atoms with van der Waals surface area (Å²) in [6.45, 7) is 6.66. The number of hydrogen-bond donors (Lipinski definition) is 0. The number of aromatic nitrogens is 4. The summed E-state index contributed by atoms with van der Waals surface area (Å²) >= 11 is 9.77. The van der Waals surface area contributed by atoms with Crippen LogP contribution in [0.2, 0.25) is 5.02 Å². The van der Waals surface area contributed by atoms with Gasteiger partial charge in [-0.15, -0.1) is 0 Å². The second-order valence-electron chi connectivity index (χ2n) is 4.33. The summed E-state index contributed by atoms with van der Waals surface area (Å²) in [7, 11) is 1.95. The van der Waals surface area contributed by atoms with Gasteiger partial charge in [0.25, 0.3) is 0 Å². The second-order valence-corrected chi connectivity index (χ2v) is 5.50. The number of aryl methyl sites for hydroxylation is 3. The van der Waals surface area contributed by atoms with E-state index in [0.29, 0.717) is 6.54 Å². The third kappa shape index (κ3) is 2.21. The Hall–Kier alpha value is -0.810. The highest BCUT2D eigenvalue weighted by molar-refractivity contribution is 9.10. The van der Waals surface area contributed by atoms with E-state index in [2.05, 4.69) is 33.1 Å². The predicted octanol–water partition coefficient (Wildman–Crippen LogP) is 3.26. The van der Waals surface area contributed by atoms with E-state index in [-0.39, 0.29) is 0 Å². The molecule has 0 bridgehead atoms. The molecule has 0 N–H and O–H groups in total. The zero-order valence-electron chi connectivity index (χ0n) is 11.0. The Kier molecular flexibility index (Phi) is 3.82. The van der Waals surface area contributed by atoms with Crippen molar-refractivity contribution in [3.05, 3.63) is 32.3 Å². The number of hydrogen-bond acceptors (Lipinski definition) is 2. The van der Waals surface area contributed by atoms with Crippen LogP contribution in [0.5, 0.6) is 0 Å². The van der Waals surface area contributed by atoms with Crippen molar-refractivity contribution in [3.8, 4) is 0 Å². The van der Waals surface area contributed by atoms with Gasteiger partial charge in [0.2, 0.25) is 0 Å². The van der Waals surface area contributed by atoms with E-state index < -0.39 is 0 Å². The molecule has 0 aromatic carbocycles.